The van der Waals surface area contributed by atoms with Crippen LogP contribution in [0.2, 0.25) is 5.02 Å². The molecule has 2 aromatic rings. The van der Waals surface area contributed by atoms with Gasteiger partial charge >= 0.3 is 0 Å². The monoisotopic (exact) mass is 509 g/mol. The van der Waals surface area contributed by atoms with Crippen LogP contribution in [0.1, 0.15) is 26.3 Å². The summed E-state index contributed by atoms with van der Waals surface area (Å²) in [6.07, 6.45) is 1.51. The Morgan fingerprint density at radius 1 is 1.09 bits per heavy atom. The lowest BCUT2D eigenvalue weighted by Crippen LogP contribution is -2.53. The number of amides is 2. The van der Waals surface area contributed by atoms with Crippen LogP contribution in [0.4, 0.5) is 5.69 Å². The Hall–Kier alpha value is -2.78. The van der Waals surface area contributed by atoms with Crippen LogP contribution in [0.25, 0.3) is 0 Å². The SMILES string of the molecule is COc1ccc(Cl)cc1N(CC(=O)N(CCc1ccccc1)[C@H](C)C(=O)NC(C)C)S(C)(=O)=O. The van der Waals surface area contributed by atoms with E-state index in [0.717, 1.165) is 16.1 Å². The van der Waals surface area contributed by atoms with Gasteiger partial charge in [-0.25, -0.2) is 8.42 Å². The van der Waals surface area contributed by atoms with E-state index in [0.29, 0.717) is 11.4 Å². The Bertz CT molecular complexity index is 1090. The van der Waals surface area contributed by atoms with Crippen molar-refractivity contribution in [1.29, 1.82) is 0 Å². The van der Waals surface area contributed by atoms with Crippen LogP contribution in [0, 0.1) is 0 Å². The fourth-order valence-electron chi connectivity index (χ4n) is 3.43. The lowest BCUT2D eigenvalue weighted by molar-refractivity contribution is -0.139. The number of rotatable bonds is 11. The normalized spacial score (nSPS) is 12.2. The molecular weight excluding hydrogens is 478 g/mol. The zero-order valence-electron chi connectivity index (χ0n) is 20.1. The minimum Gasteiger partial charge on any atom is -0.495 e. The lowest BCUT2D eigenvalue weighted by Gasteiger charge is -2.32. The fourth-order valence-corrected chi connectivity index (χ4v) is 4.44. The van der Waals surface area contributed by atoms with E-state index in [2.05, 4.69) is 5.32 Å². The molecular formula is C24H32ClN3O5S. The summed E-state index contributed by atoms with van der Waals surface area (Å²) in [6, 6.07) is 13.2. The maximum absolute atomic E-state index is 13.5. The Labute approximate surface area is 206 Å². The third-order valence-corrected chi connectivity index (χ3v) is 6.53. The summed E-state index contributed by atoms with van der Waals surface area (Å²) in [4.78, 5) is 27.6. The number of nitrogens with zero attached hydrogens (tertiary/aromatic N) is 2. The van der Waals surface area contributed by atoms with Gasteiger partial charge in [0.05, 0.1) is 19.1 Å². The molecule has 0 saturated carbocycles. The van der Waals surface area contributed by atoms with E-state index < -0.39 is 28.5 Å². The molecule has 34 heavy (non-hydrogen) atoms. The van der Waals surface area contributed by atoms with Gasteiger partial charge in [0, 0.05) is 17.6 Å². The zero-order chi connectivity index (χ0) is 25.5. The van der Waals surface area contributed by atoms with Crippen molar-refractivity contribution in [2.45, 2.75) is 39.3 Å². The summed E-state index contributed by atoms with van der Waals surface area (Å²) >= 11 is 6.10. The van der Waals surface area contributed by atoms with Gasteiger partial charge in [0.15, 0.2) is 0 Å². The second-order valence-electron chi connectivity index (χ2n) is 8.25. The molecule has 2 amide bonds. The summed E-state index contributed by atoms with van der Waals surface area (Å²) in [5.74, 6) is -0.582. The lowest BCUT2D eigenvalue weighted by atomic mass is 10.1. The van der Waals surface area contributed by atoms with Crippen molar-refractivity contribution in [3.8, 4) is 5.75 Å². The number of hydrogen-bond donors (Lipinski definition) is 1. The van der Waals surface area contributed by atoms with Gasteiger partial charge < -0.3 is 15.0 Å². The summed E-state index contributed by atoms with van der Waals surface area (Å²) in [6.45, 7) is 5.02. The number of methoxy groups -OCH3 is 1. The number of anilines is 1. The maximum atomic E-state index is 13.5. The second-order valence-corrected chi connectivity index (χ2v) is 10.6. The van der Waals surface area contributed by atoms with Crippen molar-refractivity contribution in [2.75, 3.05) is 30.8 Å². The Morgan fingerprint density at radius 2 is 1.74 bits per heavy atom. The molecule has 1 N–H and O–H groups in total. The van der Waals surface area contributed by atoms with Crippen molar-refractivity contribution >= 4 is 39.1 Å². The molecule has 0 saturated heterocycles. The quantitative estimate of drug-likeness (QED) is 0.502. The first kappa shape index (κ1) is 27.5. The third-order valence-electron chi connectivity index (χ3n) is 5.17. The van der Waals surface area contributed by atoms with Gasteiger partial charge in [-0.3, -0.25) is 13.9 Å². The van der Waals surface area contributed by atoms with Gasteiger partial charge in [-0.2, -0.15) is 0 Å². The van der Waals surface area contributed by atoms with E-state index in [1.54, 1.807) is 13.0 Å². The van der Waals surface area contributed by atoms with Crippen molar-refractivity contribution in [2.24, 2.45) is 0 Å². The first-order valence-corrected chi connectivity index (χ1v) is 13.1. The average molecular weight is 510 g/mol. The molecule has 0 spiro atoms. The van der Waals surface area contributed by atoms with Crippen LogP contribution in [0.5, 0.6) is 5.75 Å². The third kappa shape index (κ3) is 7.63. The number of carbonyl (C=O) groups excluding carboxylic acids is 2. The summed E-state index contributed by atoms with van der Waals surface area (Å²) in [7, 11) is -2.48. The average Bonchev–Trinajstić information content (AvgIpc) is 2.76. The smallest absolute Gasteiger partial charge is 0.244 e. The molecule has 0 aliphatic rings. The fraction of sp³-hybridized carbons (Fsp3) is 0.417. The van der Waals surface area contributed by atoms with E-state index in [-0.39, 0.29) is 29.9 Å². The van der Waals surface area contributed by atoms with Gasteiger partial charge in [0.25, 0.3) is 0 Å². The highest BCUT2D eigenvalue weighted by molar-refractivity contribution is 7.92. The number of halogens is 1. The molecule has 10 heteroatoms. The van der Waals surface area contributed by atoms with E-state index in [1.807, 2.05) is 44.2 Å². The van der Waals surface area contributed by atoms with Crippen molar-refractivity contribution < 1.29 is 22.7 Å². The largest absolute Gasteiger partial charge is 0.495 e. The molecule has 0 aliphatic carbocycles. The van der Waals surface area contributed by atoms with Gasteiger partial charge in [-0.1, -0.05) is 41.9 Å². The maximum Gasteiger partial charge on any atom is 0.244 e. The number of sulfonamides is 1. The molecule has 0 fully saturated rings. The van der Waals surface area contributed by atoms with Gasteiger partial charge in [-0.05, 0) is 51.0 Å². The van der Waals surface area contributed by atoms with Crippen molar-refractivity contribution in [1.82, 2.24) is 10.2 Å². The standard InChI is InChI=1S/C24H32ClN3O5S/c1-17(2)26-24(30)18(3)27(14-13-19-9-7-6-8-10-19)23(29)16-28(34(5,31)32)21-15-20(25)11-12-22(21)33-4/h6-12,15,17-18H,13-14,16H2,1-5H3,(H,26,30)/t18-/m1/s1. The Kier molecular flexibility index (Phi) is 9.76. The van der Waals surface area contributed by atoms with Gasteiger partial charge in [0.2, 0.25) is 21.8 Å². The minimum atomic E-state index is -3.88. The second kappa shape index (κ2) is 12.1. The van der Waals surface area contributed by atoms with Gasteiger partial charge in [0.1, 0.15) is 18.3 Å². The minimum absolute atomic E-state index is 0.107. The highest BCUT2D eigenvalue weighted by Gasteiger charge is 2.31. The highest BCUT2D eigenvalue weighted by atomic mass is 35.5. The first-order chi connectivity index (χ1) is 15.9. The number of benzene rings is 2. The predicted molar refractivity (Wildman–Crippen MR) is 135 cm³/mol. The molecule has 2 aromatic carbocycles. The van der Waals surface area contributed by atoms with Crippen LogP contribution >= 0.6 is 11.6 Å². The van der Waals surface area contributed by atoms with Crippen molar-refractivity contribution in [3.63, 3.8) is 0 Å². The first-order valence-electron chi connectivity index (χ1n) is 10.9. The van der Waals surface area contributed by atoms with Crippen LogP contribution < -0.4 is 14.4 Å². The van der Waals surface area contributed by atoms with E-state index >= 15 is 0 Å². The highest BCUT2D eigenvalue weighted by Crippen LogP contribution is 2.32. The summed E-state index contributed by atoms with van der Waals surface area (Å²) < 4.78 is 31.6. The molecule has 2 rings (SSSR count). The summed E-state index contributed by atoms with van der Waals surface area (Å²) in [5.41, 5.74) is 1.14. The van der Waals surface area contributed by atoms with E-state index in [4.69, 9.17) is 16.3 Å². The Morgan fingerprint density at radius 3 is 2.29 bits per heavy atom. The molecule has 0 bridgehead atoms. The number of hydrogen-bond acceptors (Lipinski definition) is 5. The molecule has 0 unspecified atom stereocenters. The molecule has 0 radical (unpaired) electrons. The number of ether oxygens (including phenoxy) is 1. The van der Waals surface area contributed by atoms with E-state index in [1.165, 1.54) is 24.1 Å². The molecule has 1 atom stereocenters. The van der Waals surface area contributed by atoms with E-state index in [9.17, 15) is 18.0 Å². The summed E-state index contributed by atoms with van der Waals surface area (Å²) in [5, 5.41) is 3.11. The van der Waals surface area contributed by atoms with Crippen LogP contribution in [-0.2, 0) is 26.0 Å². The van der Waals surface area contributed by atoms with Crippen LogP contribution in [0.3, 0.4) is 0 Å². The predicted octanol–water partition coefficient (Wildman–Crippen LogP) is 3.10. The number of carbonyl (C=O) groups is 2. The Balaban J connectivity index is 2.38. The molecule has 0 aliphatic heterocycles. The van der Waals surface area contributed by atoms with Crippen molar-refractivity contribution in [3.05, 3.63) is 59.1 Å². The molecule has 8 nitrogen and oxygen atoms in total. The van der Waals surface area contributed by atoms with Gasteiger partial charge in [-0.15, -0.1) is 0 Å². The van der Waals surface area contributed by atoms with Crippen LogP contribution in [-0.4, -0.2) is 63.7 Å². The topological polar surface area (TPSA) is 96.0 Å². The molecule has 0 aromatic heterocycles. The number of nitrogens with one attached hydrogen (secondary N) is 1. The molecule has 186 valence electrons. The van der Waals surface area contributed by atoms with Crippen LogP contribution in [0.15, 0.2) is 48.5 Å². The molecule has 0 heterocycles. The zero-order valence-corrected chi connectivity index (χ0v) is 21.7.